The van der Waals surface area contributed by atoms with Crippen molar-refractivity contribution in [2.75, 3.05) is 6.54 Å². The lowest BCUT2D eigenvalue weighted by atomic mass is 9.94. The number of rotatable bonds is 2. The van der Waals surface area contributed by atoms with E-state index in [-0.39, 0.29) is 18.5 Å². The van der Waals surface area contributed by atoms with Gasteiger partial charge in [0.05, 0.1) is 6.04 Å². The van der Waals surface area contributed by atoms with E-state index in [1.165, 1.54) is 16.7 Å². The number of aliphatic imine (C=N–C) groups is 1. The zero-order valence-electron chi connectivity index (χ0n) is 12.5. The molecule has 2 aliphatic rings. The smallest absolute Gasteiger partial charge is 0.245 e. The quantitative estimate of drug-likeness (QED) is 0.819. The third kappa shape index (κ3) is 2.97. The zero-order chi connectivity index (χ0) is 14.8. The van der Waals surface area contributed by atoms with Gasteiger partial charge in [-0.05, 0) is 31.4 Å². The Morgan fingerprint density at radius 1 is 1.24 bits per heavy atom. The van der Waals surface area contributed by atoms with Gasteiger partial charge in [0.25, 0.3) is 0 Å². The highest BCUT2D eigenvalue weighted by Gasteiger charge is 2.28. The van der Waals surface area contributed by atoms with Crippen molar-refractivity contribution in [3.05, 3.63) is 58.7 Å². The van der Waals surface area contributed by atoms with Crippen molar-refractivity contribution in [3.8, 4) is 0 Å². The van der Waals surface area contributed by atoms with Crippen LogP contribution < -0.4 is 0 Å². The third-order valence-corrected chi connectivity index (χ3v) is 4.08. The lowest BCUT2D eigenvalue weighted by Crippen LogP contribution is -2.41. The minimum absolute atomic E-state index is 0.105. The number of carbonyl (C=O) groups excluding carboxylic acids is 1. The summed E-state index contributed by atoms with van der Waals surface area (Å²) >= 11 is 0. The van der Waals surface area contributed by atoms with Crippen LogP contribution in [-0.4, -0.2) is 29.6 Å². The molecule has 0 N–H and O–H groups in total. The van der Waals surface area contributed by atoms with Crippen LogP contribution in [0.3, 0.4) is 0 Å². The second kappa shape index (κ2) is 5.68. The summed E-state index contributed by atoms with van der Waals surface area (Å²) in [6, 6.07) is 8.50. The van der Waals surface area contributed by atoms with Crippen molar-refractivity contribution < 1.29 is 4.79 Å². The Bertz CT molecular complexity index is 638. The summed E-state index contributed by atoms with van der Waals surface area (Å²) in [4.78, 5) is 18.6. The fourth-order valence-electron chi connectivity index (χ4n) is 2.86. The molecule has 3 heteroatoms. The highest BCUT2D eigenvalue weighted by Crippen LogP contribution is 2.25. The Hall–Kier alpha value is -2.16. The van der Waals surface area contributed by atoms with Gasteiger partial charge in [0, 0.05) is 12.8 Å². The zero-order valence-corrected chi connectivity index (χ0v) is 12.5. The predicted octanol–water partition coefficient (Wildman–Crippen LogP) is 3.05. The summed E-state index contributed by atoms with van der Waals surface area (Å²) in [6.07, 6.45) is 7.08. The molecule has 108 valence electrons. The monoisotopic (exact) mass is 280 g/mol. The number of hydrogen-bond donors (Lipinski definition) is 0. The van der Waals surface area contributed by atoms with Gasteiger partial charge in [-0.2, -0.15) is 0 Å². The number of carbonyl (C=O) groups is 1. The number of fused-ring (bicyclic) bond motifs is 1. The van der Waals surface area contributed by atoms with Crippen LogP contribution in [0.25, 0.3) is 0 Å². The Kier molecular flexibility index (Phi) is 3.74. The molecule has 1 aromatic carbocycles. The largest absolute Gasteiger partial charge is 0.329 e. The van der Waals surface area contributed by atoms with Gasteiger partial charge in [-0.15, -0.1) is 0 Å². The van der Waals surface area contributed by atoms with Crippen molar-refractivity contribution in [1.82, 2.24) is 4.90 Å². The van der Waals surface area contributed by atoms with Crippen LogP contribution in [0.2, 0.25) is 0 Å². The molecule has 0 radical (unpaired) electrons. The summed E-state index contributed by atoms with van der Waals surface area (Å²) in [6.45, 7) is 5.06. The average molecular weight is 280 g/mol. The van der Waals surface area contributed by atoms with Gasteiger partial charge in [0.15, 0.2) is 0 Å². The lowest BCUT2D eigenvalue weighted by molar-refractivity contribution is -0.131. The first kappa shape index (κ1) is 13.8. The fraction of sp³-hybridized carbons (Fsp3) is 0.333. The van der Waals surface area contributed by atoms with E-state index < -0.39 is 0 Å². The number of allylic oxidation sites excluding steroid dienone is 2. The number of aryl methyl sites for hydroxylation is 1. The molecular formula is C18H20N2O. The molecule has 1 unspecified atom stereocenters. The summed E-state index contributed by atoms with van der Waals surface area (Å²) in [5.74, 6) is 0.105. The Balaban J connectivity index is 1.87. The van der Waals surface area contributed by atoms with Crippen LogP contribution in [0.4, 0.5) is 0 Å². The summed E-state index contributed by atoms with van der Waals surface area (Å²) in [5.41, 5.74) is 4.80. The second-order valence-electron chi connectivity index (χ2n) is 5.82. The highest BCUT2D eigenvalue weighted by atomic mass is 16.2. The maximum atomic E-state index is 12.4. The van der Waals surface area contributed by atoms with Crippen LogP contribution in [-0.2, 0) is 11.3 Å². The maximum absolute atomic E-state index is 12.4. The summed E-state index contributed by atoms with van der Waals surface area (Å²) in [5, 5.41) is 0. The molecule has 1 amide bonds. The first-order valence-electron chi connectivity index (χ1n) is 7.36. The molecule has 0 spiro atoms. The minimum Gasteiger partial charge on any atom is -0.329 e. The first-order valence-corrected chi connectivity index (χ1v) is 7.36. The highest BCUT2D eigenvalue weighted by molar-refractivity contribution is 5.90. The maximum Gasteiger partial charge on any atom is 0.245 e. The van der Waals surface area contributed by atoms with Crippen LogP contribution >= 0.6 is 0 Å². The van der Waals surface area contributed by atoms with Gasteiger partial charge in [-0.25, -0.2) is 0 Å². The van der Waals surface area contributed by atoms with E-state index in [1.54, 1.807) is 0 Å². The van der Waals surface area contributed by atoms with Crippen molar-refractivity contribution >= 4 is 12.1 Å². The Labute approximate surface area is 125 Å². The average Bonchev–Trinajstić information content (AvgIpc) is 2.61. The standard InChI is InChI=1S/C18H20N2O/c1-13-3-6-15(7-4-13)12-20-17-8-5-14(2)9-16(17)10-19-11-18(20)21/h3-7,9-10,17H,8,11-12H2,1-2H3. The molecule has 0 aromatic heterocycles. The molecule has 1 heterocycles. The second-order valence-corrected chi connectivity index (χ2v) is 5.82. The minimum atomic E-state index is 0.105. The number of amides is 1. The van der Waals surface area contributed by atoms with E-state index in [9.17, 15) is 4.79 Å². The molecule has 0 fully saturated rings. The predicted molar refractivity (Wildman–Crippen MR) is 85.3 cm³/mol. The number of nitrogens with zero attached hydrogens (tertiary/aromatic N) is 2. The van der Waals surface area contributed by atoms with E-state index >= 15 is 0 Å². The van der Waals surface area contributed by atoms with Gasteiger partial charge >= 0.3 is 0 Å². The van der Waals surface area contributed by atoms with E-state index in [4.69, 9.17) is 0 Å². The van der Waals surface area contributed by atoms with Crippen LogP contribution in [0.1, 0.15) is 24.5 Å². The van der Waals surface area contributed by atoms with Gasteiger partial charge in [0.1, 0.15) is 6.54 Å². The van der Waals surface area contributed by atoms with E-state index in [0.717, 1.165) is 12.0 Å². The topological polar surface area (TPSA) is 32.7 Å². The lowest BCUT2D eigenvalue weighted by Gasteiger charge is -2.32. The van der Waals surface area contributed by atoms with E-state index in [2.05, 4.69) is 55.3 Å². The fourth-order valence-corrected chi connectivity index (χ4v) is 2.86. The van der Waals surface area contributed by atoms with Crippen LogP contribution in [0.5, 0.6) is 0 Å². The first-order chi connectivity index (χ1) is 10.1. The third-order valence-electron chi connectivity index (χ3n) is 4.08. The van der Waals surface area contributed by atoms with Crippen LogP contribution in [0.15, 0.2) is 52.6 Å². The summed E-state index contributed by atoms with van der Waals surface area (Å²) < 4.78 is 0. The normalized spacial score (nSPS) is 21.5. The van der Waals surface area contributed by atoms with Gasteiger partial charge in [-0.3, -0.25) is 9.79 Å². The van der Waals surface area contributed by atoms with Crippen molar-refractivity contribution in [2.45, 2.75) is 32.9 Å². The van der Waals surface area contributed by atoms with Gasteiger partial charge < -0.3 is 4.90 Å². The molecule has 0 saturated carbocycles. The molecule has 1 aliphatic carbocycles. The SMILES string of the molecule is CC1=CCC2C(=C1)C=NCC(=O)N2Cc1ccc(C)cc1. The molecule has 3 rings (SSSR count). The van der Waals surface area contributed by atoms with Crippen molar-refractivity contribution in [2.24, 2.45) is 4.99 Å². The Morgan fingerprint density at radius 3 is 2.76 bits per heavy atom. The van der Waals surface area contributed by atoms with Crippen LogP contribution in [0, 0.1) is 6.92 Å². The van der Waals surface area contributed by atoms with Crippen molar-refractivity contribution in [1.29, 1.82) is 0 Å². The molecule has 3 nitrogen and oxygen atoms in total. The molecule has 1 aliphatic heterocycles. The molecular weight excluding hydrogens is 260 g/mol. The van der Waals surface area contributed by atoms with Gasteiger partial charge in [-0.1, -0.05) is 47.6 Å². The van der Waals surface area contributed by atoms with E-state index in [0.29, 0.717) is 6.54 Å². The molecule has 1 atom stereocenters. The van der Waals surface area contributed by atoms with Crippen molar-refractivity contribution in [3.63, 3.8) is 0 Å². The number of hydrogen-bond acceptors (Lipinski definition) is 2. The number of benzene rings is 1. The van der Waals surface area contributed by atoms with Gasteiger partial charge in [0.2, 0.25) is 5.91 Å². The Morgan fingerprint density at radius 2 is 2.00 bits per heavy atom. The summed E-state index contributed by atoms with van der Waals surface area (Å²) in [7, 11) is 0. The molecule has 0 saturated heterocycles. The molecule has 0 bridgehead atoms. The molecule has 1 aromatic rings. The van der Waals surface area contributed by atoms with E-state index in [1.807, 2.05) is 11.1 Å². The molecule has 21 heavy (non-hydrogen) atoms.